The molecule has 0 spiro atoms. The molecule has 0 bridgehead atoms. The van der Waals surface area contributed by atoms with E-state index in [1.165, 1.54) is 0 Å². The second-order valence-corrected chi connectivity index (χ2v) is 7.03. The zero-order valence-corrected chi connectivity index (χ0v) is 22.4. The predicted octanol–water partition coefficient (Wildman–Crippen LogP) is -6.03. The van der Waals surface area contributed by atoms with Gasteiger partial charge in [0.1, 0.15) is 24.2 Å². The molecule has 0 radical (unpaired) electrons. The Hall–Kier alpha value is -1.38. The van der Waals surface area contributed by atoms with Gasteiger partial charge in [-0.25, -0.2) is 9.13 Å². The van der Waals surface area contributed by atoms with Gasteiger partial charge < -0.3 is 68.8 Å². The number of unbranched alkanes of at least 4 members (excludes halogenated alkanes) is 3. The second-order valence-electron chi connectivity index (χ2n) is 7.03. The van der Waals surface area contributed by atoms with Gasteiger partial charge in [0.05, 0.1) is 13.2 Å². The van der Waals surface area contributed by atoms with E-state index in [-0.39, 0.29) is 86.1 Å². The number of hydrogen-bond acceptors (Lipinski definition) is 4. The molecule has 2 rings (SSSR count). The summed E-state index contributed by atoms with van der Waals surface area (Å²) in [4.78, 5) is 23.9. The molecule has 2 aromatic heterocycles. The number of carbonyl (C=O) groups excluding carboxylic acids is 2. The maximum Gasteiger partial charge on any atom is 0.257 e. The molecular formula is C22H32I2N4O4. The minimum Gasteiger partial charge on any atom is -1.00 e. The molecule has 8 nitrogen and oxygen atoms in total. The van der Waals surface area contributed by atoms with Crippen molar-refractivity contribution in [1.29, 1.82) is 0 Å². The molecule has 0 aliphatic carbocycles. The minimum absolute atomic E-state index is 0. The summed E-state index contributed by atoms with van der Waals surface area (Å²) in [5.74, 6) is -0.356. The highest BCUT2D eigenvalue weighted by atomic mass is 127. The van der Waals surface area contributed by atoms with E-state index in [2.05, 4.69) is 10.6 Å². The van der Waals surface area contributed by atoms with Gasteiger partial charge in [-0.3, -0.25) is 9.59 Å². The number of nitrogens with one attached hydrogen (secondary N) is 2. The third-order valence-corrected chi connectivity index (χ3v) is 4.62. The Morgan fingerprint density at radius 2 is 1.12 bits per heavy atom. The van der Waals surface area contributed by atoms with Crippen molar-refractivity contribution < 1.29 is 76.9 Å². The Morgan fingerprint density at radius 3 is 1.50 bits per heavy atom. The number of aromatic nitrogens is 2. The molecule has 0 fully saturated rings. The SMILES string of the molecule is O=C(NCCO)c1ccc[n+](CCCCCC[n+]2cccc(C(=O)NCCO)c2)c1.[I-].[I-]. The quantitative estimate of drug-likeness (QED) is 0.0969. The van der Waals surface area contributed by atoms with Crippen molar-refractivity contribution >= 4 is 11.8 Å². The Morgan fingerprint density at radius 1 is 0.719 bits per heavy atom. The third kappa shape index (κ3) is 11.5. The van der Waals surface area contributed by atoms with Gasteiger partial charge in [-0.05, 0) is 25.0 Å². The molecule has 0 aliphatic heterocycles. The highest BCUT2D eigenvalue weighted by Crippen LogP contribution is 2.02. The third-order valence-electron chi connectivity index (χ3n) is 4.62. The van der Waals surface area contributed by atoms with Crippen LogP contribution < -0.4 is 67.7 Å². The zero-order valence-electron chi connectivity index (χ0n) is 18.1. The first kappa shape index (κ1) is 30.6. The van der Waals surface area contributed by atoms with Crippen LogP contribution in [-0.4, -0.2) is 48.3 Å². The Labute approximate surface area is 223 Å². The van der Waals surface area contributed by atoms with Gasteiger partial charge >= 0.3 is 0 Å². The van der Waals surface area contributed by atoms with Crippen molar-refractivity contribution in [1.82, 2.24) is 10.6 Å². The van der Waals surface area contributed by atoms with E-state index in [9.17, 15) is 9.59 Å². The number of amides is 2. The number of carbonyl (C=O) groups is 2. The molecule has 2 aromatic rings. The van der Waals surface area contributed by atoms with Gasteiger partial charge in [0.15, 0.2) is 24.8 Å². The van der Waals surface area contributed by atoms with E-state index in [1.807, 2.05) is 46.1 Å². The molecule has 0 atom stereocenters. The van der Waals surface area contributed by atoms with Crippen molar-refractivity contribution in [3.63, 3.8) is 0 Å². The average Bonchev–Trinajstić information content (AvgIpc) is 2.78. The Bertz CT molecular complexity index is 757. The average molecular weight is 670 g/mol. The molecule has 0 unspecified atom stereocenters. The van der Waals surface area contributed by atoms with Crippen LogP contribution in [0.15, 0.2) is 49.1 Å². The highest BCUT2D eigenvalue weighted by Gasteiger charge is 2.11. The normalized spacial score (nSPS) is 9.94. The van der Waals surface area contributed by atoms with Crippen LogP contribution in [0, 0.1) is 0 Å². The van der Waals surface area contributed by atoms with Crippen LogP contribution in [0.1, 0.15) is 46.4 Å². The van der Waals surface area contributed by atoms with Gasteiger partial charge in [0.2, 0.25) is 0 Å². The van der Waals surface area contributed by atoms with Crippen molar-refractivity contribution in [2.45, 2.75) is 38.8 Å². The lowest BCUT2D eigenvalue weighted by molar-refractivity contribution is -0.699. The first-order chi connectivity index (χ1) is 14.6. The van der Waals surface area contributed by atoms with Crippen LogP contribution >= 0.6 is 0 Å². The van der Waals surface area contributed by atoms with Crippen molar-refractivity contribution in [3.8, 4) is 0 Å². The van der Waals surface area contributed by atoms with Crippen LogP contribution in [0.3, 0.4) is 0 Å². The summed E-state index contributed by atoms with van der Waals surface area (Å²) in [7, 11) is 0. The molecule has 32 heavy (non-hydrogen) atoms. The predicted molar refractivity (Wildman–Crippen MR) is 111 cm³/mol. The van der Waals surface area contributed by atoms with E-state index >= 15 is 0 Å². The van der Waals surface area contributed by atoms with E-state index < -0.39 is 0 Å². The van der Waals surface area contributed by atoms with E-state index in [0.717, 1.165) is 38.8 Å². The van der Waals surface area contributed by atoms with Crippen LogP contribution in [0.4, 0.5) is 0 Å². The summed E-state index contributed by atoms with van der Waals surface area (Å²) in [6.07, 6.45) is 11.7. The molecule has 4 N–H and O–H groups in total. The second kappa shape index (κ2) is 18.1. The smallest absolute Gasteiger partial charge is 0.257 e. The number of aliphatic hydroxyl groups excluding tert-OH is 2. The summed E-state index contributed by atoms with van der Waals surface area (Å²) in [5, 5.41) is 22.9. The topological polar surface area (TPSA) is 106 Å². The van der Waals surface area contributed by atoms with E-state index in [0.29, 0.717) is 11.1 Å². The maximum atomic E-state index is 11.9. The van der Waals surface area contributed by atoms with Gasteiger partial charge in [0.25, 0.3) is 11.8 Å². The Balaban J connectivity index is 0.00000480. The fourth-order valence-electron chi connectivity index (χ4n) is 3.08. The summed E-state index contributed by atoms with van der Waals surface area (Å²) in [6, 6.07) is 7.24. The van der Waals surface area contributed by atoms with Gasteiger partial charge in [-0.2, -0.15) is 0 Å². The summed E-state index contributed by atoms with van der Waals surface area (Å²) < 4.78 is 4.02. The lowest BCUT2D eigenvalue weighted by Crippen LogP contribution is -3.00. The molecule has 0 aromatic carbocycles. The largest absolute Gasteiger partial charge is 1.00 e. The number of hydrogen-bond donors (Lipinski definition) is 4. The molecule has 10 heteroatoms. The van der Waals surface area contributed by atoms with Crippen molar-refractivity contribution in [3.05, 3.63) is 60.2 Å². The molecular weight excluding hydrogens is 638 g/mol. The number of pyridine rings is 2. The maximum absolute atomic E-state index is 11.9. The van der Waals surface area contributed by atoms with Crippen LogP contribution in [0.2, 0.25) is 0 Å². The first-order valence-corrected chi connectivity index (χ1v) is 10.4. The van der Waals surface area contributed by atoms with Crippen LogP contribution in [0.25, 0.3) is 0 Å². The fourth-order valence-corrected chi connectivity index (χ4v) is 3.08. The molecule has 178 valence electrons. The first-order valence-electron chi connectivity index (χ1n) is 10.4. The van der Waals surface area contributed by atoms with Crippen molar-refractivity contribution in [2.75, 3.05) is 26.3 Å². The summed E-state index contributed by atoms with van der Waals surface area (Å²) >= 11 is 0. The molecule has 2 amide bonds. The summed E-state index contributed by atoms with van der Waals surface area (Å²) in [6.45, 7) is 2.05. The number of nitrogens with zero attached hydrogens (tertiary/aromatic N) is 2. The Kier molecular flexibility index (Phi) is 17.3. The van der Waals surface area contributed by atoms with Gasteiger partial charge in [0, 0.05) is 38.1 Å². The zero-order chi connectivity index (χ0) is 21.6. The molecule has 0 saturated heterocycles. The minimum atomic E-state index is -0.178. The lowest BCUT2D eigenvalue weighted by Gasteiger charge is -2.03. The van der Waals surface area contributed by atoms with Crippen LogP contribution in [-0.2, 0) is 13.1 Å². The van der Waals surface area contributed by atoms with Crippen molar-refractivity contribution in [2.24, 2.45) is 0 Å². The molecule has 0 saturated carbocycles. The monoisotopic (exact) mass is 670 g/mol. The standard InChI is InChI=1S/C22H30N4O4.2HI/c27-15-9-23-21(29)19-7-5-13-25(17-19)11-3-1-2-4-12-26-14-6-8-20(18-26)22(30)24-10-16-28;;/h5-8,13-14,17-18,27-28H,1-4,9-12,15-16H2;2*1H. The highest BCUT2D eigenvalue weighted by molar-refractivity contribution is 5.93. The van der Waals surface area contributed by atoms with Gasteiger partial charge in [-0.15, -0.1) is 0 Å². The number of aryl methyl sites for hydroxylation is 2. The summed E-state index contributed by atoms with van der Waals surface area (Å²) in [5.41, 5.74) is 1.18. The van der Waals surface area contributed by atoms with E-state index in [1.54, 1.807) is 12.1 Å². The molecule has 0 aliphatic rings. The van der Waals surface area contributed by atoms with Gasteiger partial charge in [-0.1, -0.05) is 0 Å². The lowest BCUT2D eigenvalue weighted by atomic mass is 10.2. The van der Waals surface area contributed by atoms with Crippen LogP contribution in [0.5, 0.6) is 0 Å². The number of rotatable bonds is 13. The van der Waals surface area contributed by atoms with E-state index in [4.69, 9.17) is 10.2 Å². The number of aliphatic hydroxyl groups is 2. The fraction of sp³-hybridized carbons (Fsp3) is 0.455. The molecule has 2 heterocycles. The number of halogens is 2.